The van der Waals surface area contributed by atoms with Crippen molar-refractivity contribution in [2.24, 2.45) is 0 Å². The van der Waals surface area contributed by atoms with Gasteiger partial charge in [-0.25, -0.2) is 9.37 Å². The van der Waals surface area contributed by atoms with Gasteiger partial charge >= 0.3 is 0 Å². The number of aromatic nitrogens is 1. The van der Waals surface area contributed by atoms with E-state index >= 15 is 0 Å². The maximum absolute atomic E-state index is 13.7. The maximum atomic E-state index is 13.7. The predicted molar refractivity (Wildman–Crippen MR) is 88.6 cm³/mol. The van der Waals surface area contributed by atoms with Crippen molar-refractivity contribution in [1.29, 1.82) is 0 Å². The zero-order chi connectivity index (χ0) is 15.5. The minimum atomic E-state index is -0.359. The van der Waals surface area contributed by atoms with E-state index < -0.39 is 0 Å². The molecule has 0 amide bonds. The van der Waals surface area contributed by atoms with E-state index in [0.29, 0.717) is 22.0 Å². The lowest BCUT2D eigenvalue weighted by Gasteiger charge is -2.05. The highest BCUT2D eigenvalue weighted by Crippen LogP contribution is 2.25. The Morgan fingerprint density at radius 2 is 1.86 bits per heavy atom. The predicted octanol–water partition coefficient (Wildman–Crippen LogP) is 5.21. The van der Waals surface area contributed by atoms with Crippen molar-refractivity contribution >= 4 is 34.7 Å². The summed E-state index contributed by atoms with van der Waals surface area (Å²) in [6, 6.07) is 14.2. The SMILES string of the molecule is COc1cccc2ccc(C=Cc3c(F)cccc3Cl)nc12. The Labute approximate surface area is 132 Å². The number of hydrogen-bond donors (Lipinski definition) is 0. The number of benzene rings is 2. The molecule has 110 valence electrons. The average Bonchev–Trinajstić information content (AvgIpc) is 2.53. The second-order valence-electron chi connectivity index (χ2n) is 4.74. The van der Waals surface area contributed by atoms with Gasteiger partial charge in [0.25, 0.3) is 0 Å². The second-order valence-corrected chi connectivity index (χ2v) is 5.14. The molecule has 0 unspecified atom stereocenters. The normalized spacial score (nSPS) is 11.2. The zero-order valence-corrected chi connectivity index (χ0v) is 12.6. The van der Waals surface area contributed by atoms with Crippen LogP contribution in [0.3, 0.4) is 0 Å². The van der Waals surface area contributed by atoms with E-state index in [9.17, 15) is 4.39 Å². The van der Waals surface area contributed by atoms with Crippen LogP contribution in [0.15, 0.2) is 48.5 Å². The molecular weight excluding hydrogens is 301 g/mol. The topological polar surface area (TPSA) is 22.1 Å². The van der Waals surface area contributed by atoms with Gasteiger partial charge in [0.05, 0.1) is 17.8 Å². The van der Waals surface area contributed by atoms with Gasteiger partial charge in [0.15, 0.2) is 0 Å². The molecule has 1 aromatic heterocycles. The lowest BCUT2D eigenvalue weighted by atomic mass is 10.1. The minimum Gasteiger partial charge on any atom is -0.494 e. The van der Waals surface area contributed by atoms with E-state index in [4.69, 9.17) is 16.3 Å². The van der Waals surface area contributed by atoms with Crippen LogP contribution in [0.2, 0.25) is 5.02 Å². The molecule has 2 aromatic carbocycles. The Hall–Kier alpha value is -2.39. The molecule has 0 aliphatic heterocycles. The van der Waals surface area contributed by atoms with Crippen LogP contribution in [-0.4, -0.2) is 12.1 Å². The molecule has 0 bridgehead atoms. The Bertz CT molecular complexity index is 841. The number of pyridine rings is 1. The van der Waals surface area contributed by atoms with E-state index in [0.717, 1.165) is 10.9 Å². The third-order valence-electron chi connectivity index (χ3n) is 3.35. The molecule has 22 heavy (non-hydrogen) atoms. The molecule has 0 atom stereocenters. The molecule has 3 aromatic rings. The van der Waals surface area contributed by atoms with Crippen LogP contribution < -0.4 is 4.74 Å². The van der Waals surface area contributed by atoms with Crippen molar-refractivity contribution in [3.8, 4) is 5.75 Å². The van der Waals surface area contributed by atoms with E-state index in [2.05, 4.69) is 4.98 Å². The van der Waals surface area contributed by atoms with E-state index in [1.54, 1.807) is 31.4 Å². The number of ether oxygens (including phenoxy) is 1. The lowest BCUT2D eigenvalue weighted by Crippen LogP contribution is -1.89. The zero-order valence-electron chi connectivity index (χ0n) is 11.9. The molecule has 1 heterocycles. The molecule has 0 N–H and O–H groups in total. The molecule has 0 fully saturated rings. The number of fused-ring (bicyclic) bond motifs is 1. The van der Waals surface area contributed by atoms with Crippen LogP contribution in [0.1, 0.15) is 11.3 Å². The number of hydrogen-bond acceptors (Lipinski definition) is 2. The Balaban J connectivity index is 2.02. The molecule has 0 saturated heterocycles. The van der Waals surface area contributed by atoms with Crippen LogP contribution >= 0.6 is 11.6 Å². The summed E-state index contributed by atoms with van der Waals surface area (Å²) >= 11 is 6.01. The van der Waals surface area contributed by atoms with Gasteiger partial charge in [0.2, 0.25) is 0 Å². The molecule has 0 aliphatic carbocycles. The Kier molecular flexibility index (Phi) is 4.07. The summed E-state index contributed by atoms with van der Waals surface area (Å²) < 4.78 is 19.1. The molecule has 0 saturated carbocycles. The summed E-state index contributed by atoms with van der Waals surface area (Å²) in [5.41, 5.74) is 1.83. The van der Waals surface area contributed by atoms with Gasteiger partial charge < -0.3 is 4.74 Å². The number of para-hydroxylation sites is 1. The molecule has 0 radical (unpaired) electrons. The largest absolute Gasteiger partial charge is 0.494 e. The van der Waals surface area contributed by atoms with Gasteiger partial charge in [-0.05, 0) is 36.4 Å². The average molecular weight is 314 g/mol. The summed E-state index contributed by atoms with van der Waals surface area (Å²) in [7, 11) is 1.61. The number of methoxy groups -OCH3 is 1. The van der Waals surface area contributed by atoms with E-state index in [1.165, 1.54) is 6.07 Å². The van der Waals surface area contributed by atoms with Gasteiger partial charge in [-0.1, -0.05) is 35.9 Å². The summed E-state index contributed by atoms with van der Waals surface area (Å²) in [5.74, 6) is 0.346. The standard InChI is InChI=1S/C18H13ClFNO/c1-22-17-7-2-4-12-8-9-13(21-18(12)17)10-11-14-15(19)5-3-6-16(14)20/h2-11H,1H3. The molecule has 4 heteroatoms. The Morgan fingerprint density at radius 3 is 2.64 bits per heavy atom. The fourth-order valence-corrected chi connectivity index (χ4v) is 2.46. The van der Waals surface area contributed by atoms with Crippen molar-refractivity contribution in [2.45, 2.75) is 0 Å². The van der Waals surface area contributed by atoms with Crippen LogP contribution in [-0.2, 0) is 0 Å². The second kappa shape index (κ2) is 6.16. The van der Waals surface area contributed by atoms with Gasteiger partial charge in [0, 0.05) is 10.9 Å². The first-order valence-electron chi connectivity index (χ1n) is 6.75. The summed E-state index contributed by atoms with van der Waals surface area (Å²) in [5, 5.41) is 1.36. The highest BCUT2D eigenvalue weighted by Gasteiger charge is 2.05. The fraction of sp³-hybridized carbons (Fsp3) is 0.0556. The van der Waals surface area contributed by atoms with E-state index in [-0.39, 0.29) is 5.82 Å². The quantitative estimate of drug-likeness (QED) is 0.662. The third kappa shape index (κ3) is 2.81. The molecule has 0 spiro atoms. The lowest BCUT2D eigenvalue weighted by molar-refractivity contribution is 0.419. The van der Waals surface area contributed by atoms with Gasteiger partial charge in [-0.3, -0.25) is 0 Å². The first-order chi connectivity index (χ1) is 10.7. The van der Waals surface area contributed by atoms with Gasteiger partial charge in [-0.2, -0.15) is 0 Å². The number of nitrogens with zero attached hydrogens (tertiary/aromatic N) is 1. The summed E-state index contributed by atoms with van der Waals surface area (Å²) in [6.07, 6.45) is 3.36. The first-order valence-corrected chi connectivity index (χ1v) is 7.12. The van der Waals surface area contributed by atoms with Crippen molar-refractivity contribution in [2.75, 3.05) is 7.11 Å². The summed E-state index contributed by atoms with van der Waals surface area (Å²) in [6.45, 7) is 0. The maximum Gasteiger partial charge on any atom is 0.145 e. The van der Waals surface area contributed by atoms with Gasteiger partial charge in [-0.15, -0.1) is 0 Å². The molecule has 3 rings (SSSR count). The van der Waals surface area contributed by atoms with Crippen LogP contribution in [0.5, 0.6) is 5.75 Å². The highest BCUT2D eigenvalue weighted by atomic mass is 35.5. The number of rotatable bonds is 3. The monoisotopic (exact) mass is 313 g/mol. The summed E-state index contributed by atoms with van der Waals surface area (Å²) in [4.78, 5) is 4.54. The molecular formula is C18H13ClFNO. The third-order valence-corrected chi connectivity index (χ3v) is 3.67. The first kappa shape index (κ1) is 14.5. The van der Waals surface area contributed by atoms with Crippen molar-refractivity contribution < 1.29 is 9.13 Å². The van der Waals surface area contributed by atoms with Gasteiger partial charge in [0.1, 0.15) is 17.1 Å². The van der Waals surface area contributed by atoms with Crippen LogP contribution in [0.4, 0.5) is 4.39 Å². The van der Waals surface area contributed by atoms with E-state index in [1.807, 2.05) is 30.3 Å². The molecule has 0 aliphatic rings. The van der Waals surface area contributed by atoms with Crippen LogP contribution in [0, 0.1) is 5.82 Å². The van der Waals surface area contributed by atoms with Crippen LogP contribution in [0.25, 0.3) is 23.1 Å². The number of halogens is 2. The highest BCUT2D eigenvalue weighted by molar-refractivity contribution is 6.32. The van der Waals surface area contributed by atoms with Crippen molar-refractivity contribution in [3.63, 3.8) is 0 Å². The smallest absolute Gasteiger partial charge is 0.145 e. The minimum absolute atomic E-state index is 0.353. The molecule has 2 nitrogen and oxygen atoms in total. The van der Waals surface area contributed by atoms with Crippen molar-refractivity contribution in [3.05, 3.63) is 70.6 Å². The van der Waals surface area contributed by atoms with Crippen molar-refractivity contribution in [1.82, 2.24) is 4.98 Å². The fourth-order valence-electron chi connectivity index (χ4n) is 2.23. The Morgan fingerprint density at radius 1 is 1.05 bits per heavy atom.